The van der Waals surface area contributed by atoms with Crippen LogP contribution in [-0.4, -0.2) is 34.5 Å². The van der Waals surface area contributed by atoms with Gasteiger partial charge >= 0.3 is 0 Å². The summed E-state index contributed by atoms with van der Waals surface area (Å²) < 4.78 is 0. The van der Waals surface area contributed by atoms with E-state index in [0.29, 0.717) is 0 Å². The van der Waals surface area contributed by atoms with Crippen LogP contribution in [0.1, 0.15) is 57.0 Å². The largest absolute Gasteiger partial charge is 0.358 e. The van der Waals surface area contributed by atoms with Gasteiger partial charge in [0.15, 0.2) is 0 Å². The SMILES string of the molecule is C=C1Nc2ccc(Cl)cc2C12CCN(CCCc1cnc(C(C)(C)C)nc1)CC2. The minimum Gasteiger partial charge on any atom is -0.358 e. The van der Waals surface area contributed by atoms with Gasteiger partial charge in [-0.3, -0.25) is 0 Å². The fourth-order valence-electron chi connectivity index (χ4n) is 4.57. The monoisotopic (exact) mass is 410 g/mol. The lowest BCUT2D eigenvalue weighted by molar-refractivity contribution is 0.179. The molecule has 1 fully saturated rings. The minimum absolute atomic E-state index is 0.00420. The van der Waals surface area contributed by atoms with Crippen LogP contribution in [0.3, 0.4) is 0 Å². The van der Waals surface area contributed by atoms with E-state index >= 15 is 0 Å². The smallest absolute Gasteiger partial charge is 0.133 e. The number of piperidine rings is 1. The Bertz CT molecular complexity index is 890. The molecule has 4 nitrogen and oxygen atoms in total. The lowest BCUT2D eigenvalue weighted by Gasteiger charge is -2.40. The zero-order valence-corrected chi connectivity index (χ0v) is 18.5. The number of nitrogens with one attached hydrogen (secondary N) is 1. The Labute approximate surface area is 179 Å². The number of rotatable bonds is 4. The first-order valence-electron chi connectivity index (χ1n) is 10.6. The van der Waals surface area contributed by atoms with Crippen molar-refractivity contribution in [2.24, 2.45) is 0 Å². The summed E-state index contributed by atoms with van der Waals surface area (Å²) in [6.07, 6.45) is 8.33. The Balaban J connectivity index is 1.31. The molecule has 1 spiro atoms. The van der Waals surface area contributed by atoms with Crippen LogP contribution in [0.5, 0.6) is 0 Å². The first-order valence-corrected chi connectivity index (χ1v) is 11.0. The Kier molecular flexibility index (Phi) is 5.43. The van der Waals surface area contributed by atoms with Crippen LogP contribution in [0.25, 0.3) is 0 Å². The van der Waals surface area contributed by atoms with Gasteiger partial charge in [0.2, 0.25) is 0 Å². The van der Waals surface area contributed by atoms with Crippen molar-refractivity contribution in [3.8, 4) is 0 Å². The van der Waals surface area contributed by atoms with E-state index in [9.17, 15) is 0 Å². The molecule has 0 bridgehead atoms. The summed E-state index contributed by atoms with van der Waals surface area (Å²) in [5, 5.41) is 4.30. The second-order valence-electron chi connectivity index (χ2n) is 9.49. The third kappa shape index (κ3) is 4.06. The van der Waals surface area contributed by atoms with Crippen molar-refractivity contribution in [2.75, 3.05) is 25.0 Å². The molecule has 29 heavy (non-hydrogen) atoms. The number of fused-ring (bicyclic) bond motifs is 2. The van der Waals surface area contributed by atoms with E-state index in [0.717, 1.165) is 61.9 Å². The molecule has 2 aromatic rings. The van der Waals surface area contributed by atoms with E-state index in [2.05, 4.69) is 59.7 Å². The van der Waals surface area contributed by atoms with Crippen molar-refractivity contribution in [1.29, 1.82) is 0 Å². The summed E-state index contributed by atoms with van der Waals surface area (Å²) in [6.45, 7) is 14.1. The number of anilines is 1. The van der Waals surface area contributed by atoms with Gasteiger partial charge in [-0.2, -0.15) is 0 Å². The number of hydrogen-bond donors (Lipinski definition) is 1. The number of aryl methyl sites for hydroxylation is 1. The molecule has 5 heteroatoms. The van der Waals surface area contributed by atoms with E-state index < -0.39 is 0 Å². The fraction of sp³-hybridized carbons (Fsp3) is 0.500. The lowest BCUT2D eigenvalue weighted by Crippen LogP contribution is -2.43. The highest BCUT2D eigenvalue weighted by Gasteiger charge is 2.44. The molecular formula is C24H31ClN4. The number of hydrogen-bond acceptors (Lipinski definition) is 4. The Morgan fingerprint density at radius 1 is 1.17 bits per heavy atom. The number of aromatic nitrogens is 2. The average molecular weight is 411 g/mol. The van der Waals surface area contributed by atoms with Gasteiger partial charge in [0, 0.05) is 39.6 Å². The highest BCUT2D eigenvalue weighted by molar-refractivity contribution is 6.30. The van der Waals surface area contributed by atoms with Gasteiger partial charge in [-0.25, -0.2) is 9.97 Å². The van der Waals surface area contributed by atoms with Crippen LogP contribution >= 0.6 is 11.6 Å². The zero-order chi connectivity index (χ0) is 20.6. The molecule has 1 aromatic heterocycles. The first kappa shape index (κ1) is 20.4. The molecule has 1 N–H and O–H groups in total. The predicted molar refractivity (Wildman–Crippen MR) is 121 cm³/mol. The molecular weight excluding hydrogens is 380 g/mol. The number of allylic oxidation sites excluding steroid dienone is 1. The summed E-state index contributed by atoms with van der Waals surface area (Å²) in [7, 11) is 0. The van der Waals surface area contributed by atoms with E-state index in [1.54, 1.807) is 0 Å². The molecule has 0 unspecified atom stereocenters. The predicted octanol–water partition coefficient (Wildman–Crippen LogP) is 5.33. The molecule has 1 saturated heterocycles. The Morgan fingerprint density at radius 3 is 2.52 bits per heavy atom. The Hall–Kier alpha value is -1.91. The number of nitrogens with zero attached hydrogens (tertiary/aromatic N) is 3. The summed E-state index contributed by atoms with van der Waals surface area (Å²) in [5.41, 5.74) is 4.89. The van der Waals surface area contributed by atoms with Gasteiger partial charge in [0.05, 0.1) is 0 Å². The molecule has 2 aliphatic heterocycles. The summed E-state index contributed by atoms with van der Waals surface area (Å²) in [4.78, 5) is 11.7. The van der Waals surface area contributed by atoms with Crippen LogP contribution in [-0.2, 0) is 17.3 Å². The molecule has 0 atom stereocenters. The van der Waals surface area contributed by atoms with E-state index in [1.165, 1.54) is 16.8 Å². The second-order valence-corrected chi connectivity index (χ2v) is 9.92. The van der Waals surface area contributed by atoms with E-state index in [1.807, 2.05) is 18.5 Å². The normalized spacial score (nSPS) is 18.7. The molecule has 0 radical (unpaired) electrons. The topological polar surface area (TPSA) is 41.0 Å². The third-order valence-electron chi connectivity index (χ3n) is 6.39. The number of benzene rings is 1. The van der Waals surface area contributed by atoms with Crippen molar-refractivity contribution in [3.05, 3.63) is 64.8 Å². The maximum absolute atomic E-state index is 6.29. The molecule has 4 rings (SSSR count). The van der Waals surface area contributed by atoms with Crippen molar-refractivity contribution in [2.45, 2.75) is 57.3 Å². The summed E-state index contributed by atoms with van der Waals surface area (Å²) in [6, 6.07) is 6.16. The van der Waals surface area contributed by atoms with Gasteiger partial charge in [0.1, 0.15) is 5.82 Å². The summed E-state index contributed by atoms with van der Waals surface area (Å²) in [5.74, 6) is 0.911. The van der Waals surface area contributed by atoms with Crippen molar-refractivity contribution < 1.29 is 0 Å². The van der Waals surface area contributed by atoms with Crippen LogP contribution in [0.2, 0.25) is 5.02 Å². The minimum atomic E-state index is 0.00420. The average Bonchev–Trinajstić information content (AvgIpc) is 2.94. The molecule has 0 aliphatic carbocycles. The van der Waals surface area contributed by atoms with E-state index in [-0.39, 0.29) is 10.8 Å². The molecule has 2 aliphatic rings. The quantitative estimate of drug-likeness (QED) is 0.739. The van der Waals surface area contributed by atoms with Gasteiger partial charge in [-0.15, -0.1) is 0 Å². The number of likely N-dealkylation sites (tertiary alicyclic amines) is 1. The van der Waals surface area contributed by atoms with Crippen molar-refractivity contribution in [1.82, 2.24) is 14.9 Å². The fourth-order valence-corrected chi connectivity index (χ4v) is 4.75. The van der Waals surface area contributed by atoms with Crippen molar-refractivity contribution >= 4 is 17.3 Å². The first-order chi connectivity index (χ1) is 13.8. The number of halogens is 1. The maximum Gasteiger partial charge on any atom is 0.133 e. The maximum atomic E-state index is 6.29. The van der Waals surface area contributed by atoms with Gasteiger partial charge in [0.25, 0.3) is 0 Å². The standard InChI is InChI=1S/C24H31ClN4/c1-17-24(20-14-19(25)7-8-21(20)28-17)9-12-29(13-10-24)11-5-6-18-15-26-22(27-16-18)23(2,3)4/h7-8,14-16,28H,1,5-6,9-13H2,2-4H3. The second kappa shape index (κ2) is 7.73. The van der Waals surface area contributed by atoms with Crippen molar-refractivity contribution in [3.63, 3.8) is 0 Å². The molecule has 154 valence electrons. The van der Waals surface area contributed by atoms with Crippen LogP contribution in [0.15, 0.2) is 42.9 Å². The highest BCUT2D eigenvalue weighted by atomic mass is 35.5. The molecule has 3 heterocycles. The molecule has 0 amide bonds. The highest BCUT2D eigenvalue weighted by Crippen LogP contribution is 2.50. The van der Waals surface area contributed by atoms with Crippen LogP contribution in [0.4, 0.5) is 5.69 Å². The van der Waals surface area contributed by atoms with Gasteiger partial charge in [-0.1, -0.05) is 39.0 Å². The third-order valence-corrected chi connectivity index (χ3v) is 6.62. The molecule has 1 aromatic carbocycles. The van der Waals surface area contributed by atoms with Gasteiger partial charge < -0.3 is 10.2 Å². The van der Waals surface area contributed by atoms with E-state index in [4.69, 9.17) is 11.6 Å². The van der Waals surface area contributed by atoms with Crippen LogP contribution in [0, 0.1) is 0 Å². The Morgan fingerprint density at radius 2 is 1.86 bits per heavy atom. The summed E-state index contributed by atoms with van der Waals surface area (Å²) >= 11 is 6.29. The van der Waals surface area contributed by atoms with Crippen LogP contribution < -0.4 is 5.32 Å². The zero-order valence-electron chi connectivity index (χ0n) is 17.8. The molecule has 0 saturated carbocycles. The van der Waals surface area contributed by atoms with Gasteiger partial charge in [-0.05, 0) is 74.6 Å². The lowest BCUT2D eigenvalue weighted by atomic mass is 9.72.